The molecule has 30 heavy (non-hydrogen) atoms. The van der Waals surface area contributed by atoms with Gasteiger partial charge in [0.1, 0.15) is 5.76 Å². The molecule has 6 heteroatoms. The van der Waals surface area contributed by atoms with E-state index in [9.17, 15) is 9.59 Å². The van der Waals surface area contributed by atoms with Gasteiger partial charge in [-0.3, -0.25) is 9.59 Å². The summed E-state index contributed by atoms with van der Waals surface area (Å²) in [5.41, 5.74) is 0.220. The number of carboxylic acid groups (broad SMARTS) is 1. The summed E-state index contributed by atoms with van der Waals surface area (Å²) < 4.78 is 4.95. The zero-order valence-corrected chi connectivity index (χ0v) is 18.0. The topological polar surface area (TPSA) is 92.4 Å². The van der Waals surface area contributed by atoms with E-state index >= 15 is 0 Å². The number of nitrogens with zero attached hydrogens (tertiary/aromatic N) is 1. The predicted octanol–water partition coefficient (Wildman–Crippen LogP) is 4.51. The highest BCUT2D eigenvalue weighted by Gasteiger charge is 2.15. The van der Waals surface area contributed by atoms with Gasteiger partial charge in [0.15, 0.2) is 5.69 Å². The second-order valence-electron chi connectivity index (χ2n) is 7.24. The second-order valence-corrected chi connectivity index (χ2v) is 7.24. The van der Waals surface area contributed by atoms with Crippen LogP contribution in [-0.2, 0) is 4.79 Å². The van der Waals surface area contributed by atoms with Crippen molar-refractivity contribution in [2.45, 2.75) is 77.7 Å². The molecule has 0 fully saturated rings. The number of carboxylic acids is 1. The third-order valence-corrected chi connectivity index (χ3v) is 4.51. The maximum absolute atomic E-state index is 12.4. The average molecular weight is 413 g/mol. The van der Waals surface area contributed by atoms with Gasteiger partial charge in [0.25, 0.3) is 5.91 Å². The Hall–Kier alpha value is -2.99. The molecule has 0 bridgehead atoms. The van der Waals surface area contributed by atoms with Crippen molar-refractivity contribution in [3.63, 3.8) is 0 Å². The Morgan fingerprint density at radius 1 is 1.20 bits per heavy atom. The first-order chi connectivity index (χ1) is 14.5. The van der Waals surface area contributed by atoms with Gasteiger partial charge in [-0.25, -0.2) is 0 Å². The summed E-state index contributed by atoms with van der Waals surface area (Å²) in [6.07, 6.45) is 10.3. The van der Waals surface area contributed by atoms with E-state index in [1.807, 2.05) is 0 Å². The molecular formula is C24H32N2O4. The Labute approximate surface area is 179 Å². The van der Waals surface area contributed by atoms with E-state index in [1.165, 1.54) is 38.2 Å². The minimum Gasteiger partial charge on any atom is -0.481 e. The lowest BCUT2D eigenvalue weighted by atomic mass is 10.0. The van der Waals surface area contributed by atoms with Gasteiger partial charge in [-0.1, -0.05) is 74.9 Å². The number of unbranched alkanes of at least 4 members (excludes halogenated alkanes) is 6. The van der Waals surface area contributed by atoms with Crippen LogP contribution in [0.2, 0.25) is 0 Å². The molecule has 1 heterocycles. The molecule has 0 aliphatic rings. The molecule has 0 saturated carbocycles. The Balaban J connectivity index is 2.67. The number of aliphatic carboxylic acids is 1. The monoisotopic (exact) mass is 412 g/mol. The molecule has 2 atom stereocenters. The highest BCUT2D eigenvalue weighted by molar-refractivity contribution is 5.92. The molecular weight excluding hydrogens is 380 g/mol. The fourth-order valence-electron chi connectivity index (χ4n) is 2.82. The summed E-state index contributed by atoms with van der Waals surface area (Å²) in [5, 5.41) is 15.5. The molecule has 0 spiro atoms. The number of aryl methyl sites for hydroxylation is 1. The number of hydrogen-bond acceptors (Lipinski definition) is 4. The lowest BCUT2D eigenvalue weighted by molar-refractivity contribution is -0.137. The van der Waals surface area contributed by atoms with Crippen LogP contribution in [0.15, 0.2) is 23.2 Å². The van der Waals surface area contributed by atoms with E-state index in [0.29, 0.717) is 12.2 Å². The minimum absolute atomic E-state index is 0.109. The molecule has 0 aliphatic heterocycles. The third kappa shape index (κ3) is 11.1. The quantitative estimate of drug-likeness (QED) is 0.283. The molecule has 0 aliphatic carbocycles. The van der Waals surface area contributed by atoms with Gasteiger partial charge < -0.3 is 14.9 Å². The number of nitrogens with one attached hydrogen (secondary N) is 1. The lowest BCUT2D eigenvalue weighted by Crippen LogP contribution is -2.34. The highest BCUT2D eigenvalue weighted by atomic mass is 16.5. The Morgan fingerprint density at radius 3 is 2.47 bits per heavy atom. The van der Waals surface area contributed by atoms with Crippen LogP contribution in [0.25, 0.3) is 0 Å². The zero-order chi connectivity index (χ0) is 22.2. The van der Waals surface area contributed by atoms with Crippen LogP contribution >= 0.6 is 0 Å². The van der Waals surface area contributed by atoms with Crippen LogP contribution in [0.1, 0.15) is 81.0 Å². The summed E-state index contributed by atoms with van der Waals surface area (Å²) >= 11 is 0. The molecule has 0 radical (unpaired) electrons. The molecule has 1 rings (SSSR count). The van der Waals surface area contributed by atoms with Crippen molar-refractivity contribution in [1.29, 1.82) is 0 Å². The van der Waals surface area contributed by atoms with E-state index in [-0.39, 0.29) is 24.1 Å². The predicted molar refractivity (Wildman–Crippen MR) is 117 cm³/mol. The van der Waals surface area contributed by atoms with Crippen LogP contribution < -0.4 is 5.32 Å². The van der Waals surface area contributed by atoms with E-state index in [1.54, 1.807) is 13.0 Å². The van der Waals surface area contributed by atoms with Crippen molar-refractivity contribution in [3.8, 4) is 23.7 Å². The van der Waals surface area contributed by atoms with Gasteiger partial charge in [0.2, 0.25) is 0 Å². The van der Waals surface area contributed by atoms with Crippen molar-refractivity contribution < 1.29 is 19.2 Å². The fourth-order valence-corrected chi connectivity index (χ4v) is 2.82. The molecule has 162 valence electrons. The van der Waals surface area contributed by atoms with Crippen molar-refractivity contribution >= 4 is 11.9 Å². The molecule has 0 aromatic carbocycles. The first-order valence-electron chi connectivity index (χ1n) is 10.6. The number of allylic oxidation sites excluding steroid dienone is 1. The van der Waals surface area contributed by atoms with Gasteiger partial charge in [0.05, 0.1) is 12.5 Å². The van der Waals surface area contributed by atoms with Crippen molar-refractivity contribution in [2.24, 2.45) is 5.92 Å². The van der Waals surface area contributed by atoms with Crippen LogP contribution in [0, 0.1) is 36.5 Å². The van der Waals surface area contributed by atoms with Gasteiger partial charge >= 0.3 is 5.97 Å². The Kier molecular flexibility index (Phi) is 12.5. The van der Waals surface area contributed by atoms with E-state index < -0.39 is 11.9 Å². The standard InChI is InChI=1S/C24H32N2O4/c1-4-6-7-8-9-10-11-15-21(25-24(29)22-17-19(3)30-26-22)16-13-12-14-20(5-2)18-23(27)28/h5,17,20-21H,2,4,6-11,15,18H2,1,3H3,(H,25,29)(H,27,28)/t20-,21+/m0/s1. The number of aromatic nitrogens is 1. The largest absolute Gasteiger partial charge is 0.481 e. The Morgan fingerprint density at radius 2 is 1.87 bits per heavy atom. The third-order valence-electron chi connectivity index (χ3n) is 4.51. The summed E-state index contributed by atoms with van der Waals surface area (Å²) in [4.78, 5) is 23.2. The van der Waals surface area contributed by atoms with Crippen molar-refractivity contribution in [3.05, 3.63) is 30.2 Å². The smallest absolute Gasteiger partial charge is 0.304 e. The second kappa shape index (κ2) is 14.9. The summed E-state index contributed by atoms with van der Waals surface area (Å²) in [6.45, 7) is 7.52. The maximum Gasteiger partial charge on any atom is 0.304 e. The number of rotatable bonds is 13. The number of carbonyl (C=O) groups excluding carboxylic acids is 1. The first kappa shape index (κ1) is 25.0. The zero-order valence-electron chi connectivity index (χ0n) is 18.0. The summed E-state index contributed by atoms with van der Waals surface area (Å²) in [5.74, 6) is 10.0. The molecule has 1 aromatic rings. The molecule has 1 aromatic heterocycles. The first-order valence-corrected chi connectivity index (χ1v) is 10.6. The van der Waals surface area contributed by atoms with E-state index in [2.05, 4.69) is 47.7 Å². The van der Waals surface area contributed by atoms with Gasteiger partial charge in [-0.2, -0.15) is 0 Å². The summed E-state index contributed by atoms with van der Waals surface area (Å²) in [7, 11) is 0. The molecule has 1 amide bonds. The SMILES string of the molecule is C=C[C@@H](C#CC#C[C@@H](CCCCCCCCC)NC(=O)c1cc(C)on1)CC(=O)O. The Bertz CT molecular complexity index is 804. The van der Waals surface area contributed by atoms with Crippen LogP contribution in [0.4, 0.5) is 0 Å². The molecule has 0 saturated heterocycles. The summed E-state index contributed by atoms with van der Waals surface area (Å²) in [6, 6.07) is 1.22. The van der Waals surface area contributed by atoms with Crippen molar-refractivity contribution in [2.75, 3.05) is 0 Å². The number of carbonyl (C=O) groups is 2. The maximum atomic E-state index is 12.4. The number of hydrogen-bond donors (Lipinski definition) is 2. The lowest BCUT2D eigenvalue weighted by Gasteiger charge is -2.11. The van der Waals surface area contributed by atoms with Gasteiger partial charge in [-0.05, 0) is 25.2 Å². The van der Waals surface area contributed by atoms with Gasteiger partial charge in [0, 0.05) is 12.0 Å². The fraction of sp³-hybridized carbons (Fsp3) is 0.542. The van der Waals surface area contributed by atoms with Crippen LogP contribution in [0.3, 0.4) is 0 Å². The van der Waals surface area contributed by atoms with Gasteiger partial charge in [-0.15, -0.1) is 6.58 Å². The van der Waals surface area contributed by atoms with Crippen molar-refractivity contribution in [1.82, 2.24) is 10.5 Å². The molecule has 2 N–H and O–H groups in total. The van der Waals surface area contributed by atoms with E-state index in [0.717, 1.165) is 12.8 Å². The molecule has 6 nitrogen and oxygen atoms in total. The number of amides is 1. The normalized spacial score (nSPS) is 11.9. The van der Waals surface area contributed by atoms with E-state index in [4.69, 9.17) is 9.63 Å². The average Bonchev–Trinajstić information content (AvgIpc) is 3.15. The molecule has 0 unspecified atom stereocenters. The minimum atomic E-state index is -0.936. The van der Waals surface area contributed by atoms with Crippen LogP contribution in [0.5, 0.6) is 0 Å². The highest BCUT2D eigenvalue weighted by Crippen LogP contribution is 2.10. The van der Waals surface area contributed by atoms with Crippen LogP contribution in [-0.4, -0.2) is 28.2 Å².